The lowest BCUT2D eigenvalue weighted by Gasteiger charge is -2.14. The van der Waals surface area contributed by atoms with Crippen LogP contribution < -0.4 is 14.8 Å². The molecule has 0 atom stereocenters. The second kappa shape index (κ2) is 12.4. The summed E-state index contributed by atoms with van der Waals surface area (Å²) in [5.41, 5.74) is 3.33. The number of anilines is 1. The Labute approximate surface area is 200 Å². The van der Waals surface area contributed by atoms with Crippen molar-refractivity contribution in [2.75, 3.05) is 18.5 Å². The fraction of sp³-hybridized carbons (Fsp3) is 0.286. The third-order valence-electron chi connectivity index (χ3n) is 5.21. The van der Waals surface area contributed by atoms with Crippen molar-refractivity contribution in [2.45, 2.75) is 40.2 Å². The second-order valence-corrected chi connectivity index (χ2v) is 7.83. The molecule has 3 aromatic rings. The monoisotopic (exact) mass is 461 g/mol. The van der Waals surface area contributed by atoms with Crippen LogP contribution in [0.25, 0.3) is 0 Å². The molecule has 6 heteroatoms. The number of esters is 1. The molecule has 0 radical (unpaired) electrons. The molecular weight excluding hydrogens is 430 g/mol. The number of benzene rings is 3. The molecule has 0 saturated heterocycles. The lowest BCUT2D eigenvalue weighted by Crippen LogP contribution is -2.13. The summed E-state index contributed by atoms with van der Waals surface area (Å²) in [6.07, 6.45) is 1.80. The predicted octanol–water partition coefficient (Wildman–Crippen LogP) is 6.18. The number of hydrogen-bond acceptors (Lipinski definition) is 5. The fourth-order valence-electron chi connectivity index (χ4n) is 3.29. The van der Waals surface area contributed by atoms with Gasteiger partial charge in [-0.25, -0.2) is 4.79 Å². The SMILES string of the molecule is CCCCOC(=O)c1ccc(NC(=O)c2ccc(OCC)c(COc3ccccc3C)c2)cc1. The van der Waals surface area contributed by atoms with Crippen LogP contribution in [-0.2, 0) is 11.3 Å². The van der Waals surface area contributed by atoms with E-state index in [-0.39, 0.29) is 18.5 Å². The average molecular weight is 462 g/mol. The van der Waals surface area contributed by atoms with Gasteiger partial charge in [-0.3, -0.25) is 4.79 Å². The van der Waals surface area contributed by atoms with Crippen molar-refractivity contribution in [1.82, 2.24) is 0 Å². The van der Waals surface area contributed by atoms with Crippen molar-refractivity contribution < 1.29 is 23.8 Å². The predicted molar refractivity (Wildman–Crippen MR) is 133 cm³/mol. The minimum Gasteiger partial charge on any atom is -0.493 e. The Hall–Kier alpha value is -3.80. The van der Waals surface area contributed by atoms with Crippen molar-refractivity contribution in [3.8, 4) is 11.5 Å². The molecule has 3 rings (SSSR count). The average Bonchev–Trinajstić information content (AvgIpc) is 2.85. The van der Waals surface area contributed by atoms with Gasteiger partial charge >= 0.3 is 5.97 Å². The molecule has 1 N–H and O–H groups in total. The Bertz CT molecular complexity index is 1110. The molecule has 6 nitrogen and oxygen atoms in total. The number of hydrogen-bond donors (Lipinski definition) is 1. The van der Waals surface area contributed by atoms with E-state index in [0.29, 0.717) is 35.8 Å². The second-order valence-electron chi connectivity index (χ2n) is 7.83. The Morgan fingerprint density at radius 1 is 0.853 bits per heavy atom. The number of nitrogens with one attached hydrogen (secondary N) is 1. The molecule has 0 spiro atoms. The normalized spacial score (nSPS) is 10.4. The number of rotatable bonds is 11. The minimum absolute atomic E-state index is 0.265. The Balaban J connectivity index is 1.68. The maximum absolute atomic E-state index is 12.9. The van der Waals surface area contributed by atoms with Gasteiger partial charge in [0, 0.05) is 16.8 Å². The topological polar surface area (TPSA) is 73.9 Å². The van der Waals surface area contributed by atoms with Gasteiger partial charge in [0.05, 0.1) is 18.8 Å². The summed E-state index contributed by atoms with van der Waals surface area (Å²) in [4.78, 5) is 24.9. The molecule has 0 aromatic heterocycles. The number of carbonyl (C=O) groups is 2. The fourth-order valence-corrected chi connectivity index (χ4v) is 3.29. The molecule has 3 aromatic carbocycles. The zero-order chi connectivity index (χ0) is 24.3. The van der Waals surface area contributed by atoms with Crippen molar-refractivity contribution >= 4 is 17.6 Å². The molecule has 34 heavy (non-hydrogen) atoms. The van der Waals surface area contributed by atoms with Crippen LogP contribution >= 0.6 is 0 Å². The van der Waals surface area contributed by atoms with E-state index in [4.69, 9.17) is 14.2 Å². The molecule has 0 aliphatic rings. The zero-order valence-electron chi connectivity index (χ0n) is 19.9. The molecule has 0 aliphatic carbocycles. The summed E-state index contributed by atoms with van der Waals surface area (Å²) in [5.74, 6) is 0.835. The van der Waals surface area contributed by atoms with Crippen molar-refractivity contribution in [1.29, 1.82) is 0 Å². The van der Waals surface area contributed by atoms with E-state index in [2.05, 4.69) is 5.32 Å². The standard InChI is InChI=1S/C28H31NO5/c1-4-6-17-33-28(31)21-11-14-24(15-12-21)29-27(30)22-13-16-26(32-5-2)23(18-22)19-34-25-10-8-7-9-20(25)3/h7-16,18H,4-6,17,19H2,1-3H3,(H,29,30). The van der Waals surface area contributed by atoms with E-state index < -0.39 is 0 Å². The van der Waals surface area contributed by atoms with Gasteiger partial charge in [0.2, 0.25) is 0 Å². The molecular formula is C28H31NO5. The minimum atomic E-state index is -0.365. The van der Waals surface area contributed by atoms with E-state index >= 15 is 0 Å². The number of ether oxygens (including phenoxy) is 3. The molecule has 0 unspecified atom stereocenters. The van der Waals surface area contributed by atoms with Gasteiger partial charge in [-0.2, -0.15) is 0 Å². The van der Waals surface area contributed by atoms with Gasteiger partial charge in [-0.1, -0.05) is 31.5 Å². The molecule has 0 saturated carbocycles. The summed E-state index contributed by atoms with van der Waals surface area (Å²) >= 11 is 0. The summed E-state index contributed by atoms with van der Waals surface area (Å²) in [5, 5.41) is 2.87. The van der Waals surface area contributed by atoms with Crippen molar-refractivity contribution in [3.05, 3.63) is 89.0 Å². The number of aryl methyl sites for hydroxylation is 1. The third kappa shape index (κ3) is 6.85. The molecule has 0 bridgehead atoms. The van der Waals surface area contributed by atoms with Crippen LogP contribution in [-0.4, -0.2) is 25.1 Å². The third-order valence-corrected chi connectivity index (χ3v) is 5.21. The summed E-state index contributed by atoms with van der Waals surface area (Å²) < 4.78 is 16.9. The first kappa shape index (κ1) is 24.8. The van der Waals surface area contributed by atoms with Crippen molar-refractivity contribution in [3.63, 3.8) is 0 Å². The van der Waals surface area contributed by atoms with Crippen LogP contribution in [0.5, 0.6) is 11.5 Å². The van der Waals surface area contributed by atoms with Gasteiger partial charge in [0.15, 0.2) is 0 Å². The van der Waals surface area contributed by atoms with E-state index in [9.17, 15) is 9.59 Å². The van der Waals surface area contributed by atoms with Gasteiger partial charge in [0.1, 0.15) is 18.1 Å². The highest BCUT2D eigenvalue weighted by Crippen LogP contribution is 2.25. The molecule has 1 amide bonds. The summed E-state index contributed by atoms with van der Waals surface area (Å²) in [6, 6.07) is 19.7. The van der Waals surface area contributed by atoms with Crippen LogP contribution in [0.3, 0.4) is 0 Å². The van der Waals surface area contributed by atoms with Crippen molar-refractivity contribution in [2.24, 2.45) is 0 Å². The Morgan fingerprint density at radius 2 is 1.59 bits per heavy atom. The van der Waals surface area contributed by atoms with Gasteiger partial charge in [-0.05, 0) is 74.4 Å². The molecule has 0 fully saturated rings. The van der Waals surface area contributed by atoms with E-state index in [1.54, 1.807) is 42.5 Å². The Kier molecular flexibility index (Phi) is 9.09. The zero-order valence-corrected chi connectivity index (χ0v) is 19.9. The van der Waals surface area contributed by atoms with Gasteiger partial charge in [-0.15, -0.1) is 0 Å². The van der Waals surface area contributed by atoms with E-state index in [1.807, 2.05) is 45.0 Å². The van der Waals surface area contributed by atoms with E-state index in [1.165, 1.54) is 0 Å². The number of unbranched alkanes of at least 4 members (excludes halogenated alkanes) is 1. The van der Waals surface area contributed by atoms with Crippen LogP contribution in [0, 0.1) is 6.92 Å². The molecule has 178 valence electrons. The first-order valence-electron chi connectivity index (χ1n) is 11.5. The summed E-state index contributed by atoms with van der Waals surface area (Å²) in [7, 11) is 0. The molecule has 0 aliphatic heterocycles. The highest BCUT2D eigenvalue weighted by atomic mass is 16.5. The maximum atomic E-state index is 12.9. The Morgan fingerprint density at radius 3 is 2.29 bits per heavy atom. The first-order chi connectivity index (χ1) is 16.5. The summed E-state index contributed by atoms with van der Waals surface area (Å²) in [6.45, 7) is 7.12. The first-order valence-corrected chi connectivity index (χ1v) is 11.5. The van der Waals surface area contributed by atoms with Crippen LogP contribution in [0.2, 0.25) is 0 Å². The largest absolute Gasteiger partial charge is 0.493 e. The van der Waals surface area contributed by atoms with Gasteiger partial charge in [0.25, 0.3) is 5.91 Å². The van der Waals surface area contributed by atoms with Crippen LogP contribution in [0.1, 0.15) is 58.5 Å². The lowest BCUT2D eigenvalue weighted by atomic mass is 10.1. The number of amides is 1. The van der Waals surface area contributed by atoms with Crippen LogP contribution in [0.4, 0.5) is 5.69 Å². The highest BCUT2D eigenvalue weighted by molar-refractivity contribution is 6.04. The quantitative estimate of drug-likeness (QED) is 0.273. The maximum Gasteiger partial charge on any atom is 0.338 e. The number of para-hydroxylation sites is 1. The van der Waals surface area contributed by atoms with Crippen LogP contribution in [0.15, 0.2) is 66.7 Å². The van der Waals surface area contributed by atoms with E-state index in [0.717, 1.165) is 29.7 Å². The van der Waals surface area contributed by atoms with Gasteiger partial charge < -0.3 is 19.5 Å². The molecule has 0 heterocycles. The lowest BCUT2D eigenvalue weighted by molar-refractivity contribution is 0.0499. The smallest absolute Gasteiger partial charge is 0.338 e. The number of carbonyl (C=O) groups excluding carboxylic acids is 2. The highest BCUT2D eigenvalue weighted by Gasteiger charge is 2.13.